The van der Waals surface area contributed by atoms with Crippen LogP contribution in [0.25, 0.3) is 0 Å². The maximum Gasteiger partial charge on any atom is 0.273 e. The Morgan fingerprint density at radius 1 is 1.36 bits per heavy atom. The minimum Gasteiger partial charge on any atom is -0.327 e. The summed E-state index contributed by atoms with van der Waals surface area (Å²) in [7, 11) is -3.84. The van der Waals surface area contributed by atoms with Crippen molar-refractivity contribution in [2.45, 2.75) is 37.6 Å². The number of carbonyl (C=O) groups is 2. The molecule has 1 aromatic rings. The molecule has 120 valence electrons. The Bertz CT molecular complexity index is 683. The first-order chi connectivity index (χ1) is 10.2. The van der Waals surface area contributed by atoms with E-state index in [9.17, 15) is 18.0 Å². The molecule has 1 fully saturated rings. The van der Waals surface area contributed by atoms with E-state index in [2.05, 4.69) is 4.98 Å². The average molecular weight is 325 g/mol. The quantitative estimate of drug-likeness (QED) is 0.869. The molecule has 1 atom stereocenters. The Kier molecular flexibility index (Phi) is 4.62. The molecule has 7 nitrogen and oxygen atoms in total. The van der Waals surface area contributed by atoms with E-state index in [1.807, 2.05) is 13.8 Å². The highest BCUT2D eigenvalue weighted by atomic mass is 32.2. The van der Waals surface area contributed by atoms with Crippen molar-refractivity contribution in [2.24, 2.45) is 11.1 Å². The van der Waals surface area contributed by atoms with Gasteiger partial charge in [-0.15, -0.1) is 0 Å². The summed E-state index contributed by atoms with van der Waals surface area (Å²) in [5.41, 5.74) is 0.107. The predicted molar refractivity (Wildman–Crippen MR) is 79.5 cm³/mol. The number of likely N-dealkylation sites (tertiary alicyclic amines) is 1. The normalized spacial score (nSPS) is 18.7. The smallest absolute Gasteiger partial charge is 0.273 e. The lowest BCUT2D eigenvalue weighted by Crippen LogP contribution is -2.42. The van der Waals surface area contributed by atoms with Crippen molar-refractivity contribution in [3.8, 4) is 0 Å². The maximum absolute atomic E-state index is 12.5. The zero-order valence-corrected chi connectivity index (χ0v) is 13.3. The summed E-state index contributed by atoms with van der Waals surface area (Å²) < 4.78 is 22.4. The number of pyridine rings is 1. The van der Waals surface area contributed by atoms with Crippen LogP contribution in [0.1, 0.15) is 37.2 Å². The van der Waals surface area contributed by atoms with Gasteiger partial charge in [-0.05, 0) is 25.0 Å². The van der Waals surface area contributed by atoms with Crippen LogP contribution in [0.15, 0.2) is 23.2 Å². The van der Waals surface area contributed by atoms with Crippen LogP contribution in [0.4, 0.5) is 0 Å². The summed E-state index contributed by atoms with van der Waals surface area (Å²) in [4.78, 5) is 29.9. The molecule has 1 aromatic heterocycles. The number of primary sulfonamides is 1. The molecule has 0 aromatic carbocycles. The first kappa shape index (κ1) is 16.6. The number of ketones is 1. The first-order valence-electron chi connectivity index (χ1n) is 7.05. The third kappa shape index (κ3) is 3.33. The zero-order valence-electron chi connectivity index (χ0n) is 12.5. The lowest BCUT2D eigenvalue weighted by atomic mass is 10.00. The number of aromatic nitrogens is 1. The van der Waals surface area contributed by atoms with Crippen LogP contribution in [-0.2, 0) is 14.8 Å². The second kappa shape index (κ2) is 6.13. The van der Waals surface area contributed by atoms with Crippen LogP contribution in [0.3, 0.4) is 0 Å². The lowest BCUT2D eigenvalue weighted by Gasteiger charge is -2.24. The predicted octanol–water partition coefficient (Wildman–Crippen LogP) is 0.559. The van der Waals surface area contributed by atoms with Crippen LogP contribution in [0, 0.1) is 5.92 Å². The topological polar surface area (TPSA) is 110 Å². The fourth-order valence-corrected chi connectivity index (χ4v) is 2.97. The van der Waals surface area contributed by atoms with Gasteiger partial charge in [-0.3, -0.25) is 9.59 Å². The molecule has 22 heavy (non-hydrogen) atoms. The maximum atomic E-state index is 12.5. The van der Waals surface area contributed by atoms with E-state index in [4.69, 9.17) is 5.14 Å². The van der Waals surface area contributed by atoms with E-state index in [0.717, 1.165) is 12.6 Å². The van der Waals surface area contributed by atoms with E-state index in [1.165, 1.54) is 17.0 Å². The molecule has 0 unspecified atom stereocenters. The summed E-state index contributed by atoms with van der Waals surface area (Å²) in [5.74, 6) is -0.472. The molecular formula is C14H19N3O4S. The van der Waals surface area contributed by atoms with Gasteiger partial charge in [0.2, 0.25) is 10.0 Å². The summed E-state index contributed by atoms with van der Waals surface area (Å²) >= 11 is 0. The molecule has 1 aliphatic heterocycles. The van der Waals surface area contributed by atoms with Gasteiger partial charge in [0.15, 0.2) is 5.78 Å². The summed E-state index contributed by atoms with van der Waals surface area (Å²) in [6.45, 7) is 4.12. The SMILES string of the molecule is CC(C)C(=O)[C@@H]1CCCN1C(=O)c1ccc(S(N)(=O)=O)cn1. The molecule has 1 aliphatic rings. The van der Waals surface area contributed by atoms with Gasteiger partial charge < -0.3 is 4.90 Å². The molecule has 0 bridgehead atoms. The van der Waals surface area contributed by atoms with E-state index >= 15 is 0 Å². The van der Waals surface area contributed by atoms with Crippen molar-refractivity contribution in [3.05, 3.63) is 24.0 Å². The fourth-order valence-electron chi connectivity index (χ4n) is 2.51. The molecule has 1 saturated heterocycles. The molecule has 8 heteroatoms. The third-order valence-electron chi connectivity index (χ3n) is 3.70. The molecule has 2 rings (SSSR count). The minimum atomic E-state index is -3.84. The van der Waals surface area contributed by atoms with Gasteiger partial charge in [0.25, 0.3) is 5.91 Å². The highest BCUT2D eigenvalue weighted by molar-refractivity contribution is 7.89. The van der Waals surface area contributed by atoms with Crippen LogP contribution < -0.4 is 5.14 Å². The van der Waals surface area contributed by atoms with E-state index in [-0.39, 0.29) is 28.2 Å². The van der Waals surface area contributed by atoms with Gasteiger partial charge in [0, 0.05) is 18.7 Å². The summed E-state index contributed by atoms with van der Waals surface area (Å²) in [6.07, 6.45) is 2.47. The number of carbonyl (C=O) groups excluding carboxylic acids is 2. The third-order valence-corrected chi connectivity index (χ3v) is 4.59. The second-order valence-corrected chi connectivity index (χ2v) is 7.20. The summed E-state index contributed by atoms with van der Waals surface area (Å²) in [6, 6.07) is 2.13. The number of hydrogen-bond acceptors (Lipinski definition) is 5. The van der Waals surface area contributed by atoms with Crippen molar-refractivity contribution in [1.82, 2.24) is 9.88 Å². The lowest BCUT2D eigenvalue weighted by molar-refractivity contribution is -0.125. The Balaban J connectivity index is 2.22. The van der Waals surface area contributed by atoms with Crippen LogP contribution in [-0.4, -0.2) is 42.6 Å². The number of nitrogens with zero attached hydrogens (tertiary/aromatic N) is 2. The Morgan fingerprint density at radius 3 is 2.55 bits per heavy atom. The van der Waals surface area contributed by atoms with Crippen LogP contribution in [0.5, 0.6) is 0 Å². The van der Waals surface area contributed by atoms with Gasteiger partial charge in [-0.25, -0.2) is 18.5 Å². The Morgan fingerprint density at radius 2 is 2.05 bits per heavy atom. The molecule has 2 heterocycles. The highest BCUT2D eigenvalue weighted by Gasteiger charge is 2.35. The Labute approximate surface area is 129 Å². The molecular weight excluding hydrogens is 306 g/mol. The molecule has 2 N–H and O–H groups in total. The monoisotopic (exact) mass is 325 g/mol. The Hall–Kier alpha value is -1.80. The van der Waals surface area contributed by atoms with Crippen molar-refractivity contribution in [3.63, 3.8) is 0 Å². The standard InChI is InChI=1S/C14H19N3O4S/c1-9(2)13(18)12-4-3-7-17(12)14(19)11-6-5-10(8-16-11)22(15,20)21/h5-6,8-9,12H,3-4,7H2,1-2H3,(H2,15,20,21)/t12-/m0/s1. The largest absolute Gasteiger partial charge is 0.327 e. The first-order valence-corrected chi connectivity index (χ1v) is 8.60. The van der Waals surface area contributed by atoms with Gasteiger partial charge in [-0.2, -0.15) is 0 Å². The van der Waals surface area contributed by atoms with E-state index < -0.39 is 16.1 Å². The van der Waals surface area contributed by atoms with Crippen LogP contribution in [0.2, 0.25) is 0 Å². The number of nitrogens with two attached hydrogens (primary N) is 1. The van der Waals surface area contributed by atoms with Gasteiger partial charge in [-0.1, -0.05) is 13.8 Å². The van der Waals surface area contributed by atoms with Crippen molar-refractivity contribution < 1.29 is 18.0 Å². The van der Waals surface area contributed by atoms with Crippen molar-refractivity contribution in [1.29, 1.82) is 0 Å². The molecule has 0 radical (unpaired) electrons. The number of hydrogen-bond donors (Lipinski definition) is 1. The number of rotatable bonds is 4. The van der Waals surface area contributed by atoms with Gasteiger partial charge in [0.05, 0.1) is 6.04 Å². The molecule has 1 amide bonds. The molecule has 0 saturated carbocycles. The van der Waals surface area contributed by atoms with Crippen molar-refractivity contribution >= 4 is 21.7 Å². The number of sulfonamides is 1. The average Bonchev–Trinajstić information content (AvgIpc) is 2.94. The molecule has 0 spiro atoms. The van der Waals surface area contributed by atoms with E-state index in [1.54, 1.807) is 0 Å². The van der Waals surface area contributed by atoms with Crippen LogP contribution >= 0.6 is 0 Å². The van der Waals surface area contributed by atoms with Gasteiger partial charge >= 0.3 is 0 Å². The highest BCUT2D eigenvalue weighted by Crippen LogP contribution is 2.23. The van der Waals surface area contributed by atoms with E-state index in [0.29, 0.717) is 13.0 Å². The second-order valence-electron chi connectivity index (χ2n) is 5.64. The summed E-state index contributed by atoms with van der Waals surface area (Å²) in [5, 5.41) is 4.99. The van der Waals surface area contributed by atoms with Gasteiger partial charge in [0.1, 0.15) is 10.6 Å². The fraction of sp³-hybridized carbons (Fsp3) is 0.500. The van der Waals surface area contributed by atoms with Crippen molar-refractivity contribution in [2.75, 3.05) is 6.54 Å². The molecule has 0 aliphatic carbocycles. The zero-order chi connectivity index (χ0) is 16.5. The number of amides is 1. The minimum absolute atomic E-state index is 0.0343. The number of Topliss-reactive ketones (excluding diaryl/α,β-unsaturated/α-hetero) is 1.